The second-order valence-corrected chi connectivity index (χ2v) is 3.67. The van der Waals surface area contributed by atoms with Crippen molar-refractivity contribution in [3.63, 3.8) is 0 Å². The Bertz CT molecular complexity index is 571. The zero-order valence-corrected chi connectivity index (χ0v) is 9.70. The van der Waals surface area contributed by atoms with Crippen LogP contribution in [0.25, 0.3) is 5.82 Å². The number of nitrogens with zero attached hydrogens (tertiary/aromatic N) is 3. The van der Waals surface area contributed by atoms with Crippen molar-refractivity contribution >= 4 is 11.9 Å². The molecule has 2 aromatic rings. The number of nitrogens with one attached hydrogen (secondary N) is 1. The third-order valence-electron chi connectivity index (χ3n) is 2.40. The van der Waals surface area contributed by atoms with Gasteiger partial charge in [0, 0.05) is 19.4 Å². The van der Waals surface area contributed by atoms with Gasteiger partial charge >= 0.3 is 5.97 Å². The summed E-state index contributed by atoms with van der Waals surface area (Å²) in [6.45, 7) is -0.418. The first-order chi connectivity index (χ1) is 8.59. The van der Waals surface area contributed by atoms with Crippen molar-refractivity contribution in [1.29, 1.82) is 0 Å². The Hall–Kier alpha value is -2.57. The molecule has 0 aliphatic heterocycles. The highest BCUT2D eigenvalue weighted by Crippen LogP contribution is 2.13. The number of hydrogen-bond acceptors (Lipinski definition) is 3. The second-order valence-electron chi connectivity index (χ2n) is 3.67. The fourth-order valence-electron chi connectivity index (χ4n) is 1.62. The van der Waals surface area contributed by atoms with Crippen LogP contribution >= 0.6 is 0 Å². The van der Waals surface area contributed by atoms with Gasteiger partial charge in [-0.1, -0.05) is 0 Å². The number of carbonyl (C=O) groups is 2. The monoisotopic (exact) mass is 248 g/mol. The number of aromatic nitrogens is 3. The van der Waals surface area contributed by atoms with Gasteiger partial charge in [-0.3, -0.25) is 14.3 Å². The Morgan fingerprint density at radius 2 is 2.06 bits per heavy atom. The van der Waals surface area contributed by atoms with Crippen LogP contribution in [0.4, 0.5) is 0 Å². The lowest BCUT2D eigenvalue weighted by atomic mass is 10.3. The van der Waals surface area contributed by atoms with E-state index in [-0.39, 0.29) is 0 Å². The number of carboxylic acids is 1. The molecule has 2 heterocycles. The Morgan fingerprint density at radius 3 is 2.67 bits per heavy atom. The molecule has 0 saturated carbocycles. The molecular formula is C11H12N4O3. The smallest absolute Gasteiger partial charge is 0.322 e. The first-order valence-electron chi connectivity index (χ1n) is 5.25. The molecule has 7 nitrogen and oxygen atoms in total. The molecular weight excluding hydrogens is 236 g/mol. The molecule has 18 heavy (non-hydrogen) atoms. The molecule has 1 amide bonds. The molecule has 7 heteroatoms. The van der Waals surface area contributed by atoms with Crippen LogP contribution in [0.15, 0.2) is 30.7 Å². The minimum Gasteiger partial charge on any atom is -0.480 e. The van der Waals surface area contributed by atoms with Crippen LogP contribution in [0.3, 0.4) is 0 Å². The first-order valence-corrected chi connectivity index (χ1v) is 5.25. The van der Waals surface area contributed by atoms with E-state index in [9.17, 15) is 9.59 Å². The normalized spacial score (nSPS) is 10.3. The van der Waals surface area contributed by atoms with Crippen molar-refractivity contribution in [2.75, 3.05) is 6.54 Å². The van der Waals surface area contributed by atoms with Crippen LogP contribution in [0.1, 0.15) is 10.4 Å². The Morgan fingerprint density at radius 1 is 1.39 bits per heavy atom. The molecule has 0 aliphatic carbocycles. The molecule has 2 rings (SSSR count). The number of amides is 1. The molecule has 0 saturated heterocycles. The molecule has 0 aromatic carbocycles. The maximum absolute atomic E-state index is 11.8. The van der Waals surface area contributed by atoms with E-state index in [0.717, 1.165) is 0 Å². The first kappa shape index (κ1) is 11.9. The molecule has 0 radical (unpaired) electrons. The average molecular weight is 248 g/mol. The highest BCUT2D eigenvalue weighted by molar-refractivity contribution is 5.98. The summed E-state index contributed by atoms with van der Waals surface area (Å²) in [6, 6.07) is 3.65. The highest BCUT2D eigenvalue weighted by Gasteiger charge is 2.17. The zero-order chi connectivity index (χ0) is 13.1. The van der Waals surface area contributed by atoms with Crippen molar-refractivity contribution < 1.29 is 14.7 Å². The summed E-state index contributed by atoms with van der Waals surface area (Å²) >= 11 is 0. The van der Waals surface area contributed by atoms with Crippen LogP contribution in [-0.2, 0) is 11.8 Å². The van der Waals surface area contributed by atoms with Crippen molar-refractivity contribution in [3.8, 4) is 5.82 Å². The van der Waals surface area contributed by atoms with E-state index in [1.165, 1.54) is 6.20 Å². The van der Waals surface area contributed by atoms with Crippen LogP contribution < -0.4 is 5.32 Å². The number of rotatable bonds is 4. The molecule has 0 atom stereocenters. The van der Waals surface area contributed by atoms with Gasteiger partial charge in [0.1, 0.15) is 17.9 Å². The predicted octanol–water partition coefficient (Wildman–Crippen LogP) is 0.0252. The summed E-state index contributed by atoms with van der Waals surface area (Å²) in [6.07, 6.45) is 4.97. The van der Waals surface area contributed by atoms with E-state index in [1.54, 1.807) is 28.7 Å². The largest absolute Gasteiger partial charge is 0.480 e. The fourth-order valence-corrected chi connectivity index (χ4v) is 1.62. The van der Waals surface area contributed by atoms with Gasteiger partial charge in [0.25, 0.3) is 5.91 Å². The topological polar surface area (TPSA) is 89.2 Å². The Balaban J connectivity index is 2.29. The van der Waals surface area contributed by atoms with E-state index in [4.69, 9.17) is 5.11 Å². The lowest BCUT2D eigenvalue weighted by molar-refractivity contribution is -0.135. The maximum Gasteiger partial charge on any atom is 0.322 e. The Kier molecular flexibility index (Phi) is 3.13. The van der Waals surface area contributed by atoms with Gasteiger partial charge in [-0.15, -0.1) is 0 Å². The summed E-state index contributed by atoms with van der Waals surface area (Å²) < 4.78 is 3.29. The second kappa shape index (κ2) is 4.74. The minimum absolute atomic E-state index is 0.329. The number of hydrogen-bond donors (Lipinski definition) is 2. The zero-order valence-electron chi connectivity index (χ0n) is 9.70. The van der Waals surface area contributed by atoms with Gasteiger partial charge in [0.2, 0.25) is 0 Å². The maximum atomic E-state index is 11.8. The van der Waals surface area contributed by atoms with E-state index in [0.29, 0.717) is 11.4 Å². The quantitative estimate of drug-likeness (QED) is 0.798. The third-order valence-corrected chi connectivity index (χ3v) is 2.40. The van der Waals surface area contributed by atoms with E-state index >= 15 is 0 Å². The summed E-state index contributed by atoms with van der Waals surface area (Å²) in [7, 11) is 1.71. The van der Waals surface area contributed by atoms with Crippen molar-refractivity contribution in [1.82, 2.24) is 19.7 Å². The number of carbonyl (C=O) groups excluding carboxylic acids is 1. The summed E-state index contributed by atoms with van der Waals surface area (Å²) in [5.74, 6) is -0.966. The molecule has 0 unspecified atom stereocenters. The third kappa shape index (κ3) is 2.24. The van der Waals surface area contributed by atoms with Gasteiger partial charge in [-0.05, 0) is 12.1 Å². The fraction of sp³-hybridized carbons (Fsp3) is 0.182. The molecule has 0 spiro atoms. The SMILES string of the molecule is Cn1ncc(C(=O)NCC(=O)O)c1-n1cccc1. The summed E-state index contributed by atoms with van der Waals surface area (Å²) in [5.41, 5.74) is 0.329. The predicted molar refractivity (Wildman–Crippen MR) is 62.5 cm³/mol. The lowest BCUT2D eigenvalue weighted by Gasteiger charge is -2.07. The van der Waals surface area contributed by atoms with Gasteiger partial charge < -0.3 is 15.0 Å². The van der Waals surface area contributed by atoms with Crippen molar-refractivity contribution in [2.24, 2.45) is 7.05 Å². The summed E-state index contributed by atoms with van der Waals surface area (Å²) in [5, 5.41) is 14.8. The Labute approximate surface area is 103 Å². The number of aliphatic carboxylic acids is 1. The number of aryl methyl sites for hydroxylation is 1. The number of carboxylic acid groups (broad SMARTS) is 1. The molecule has 94 valence electrons. The van der Waals surface area contributed by atoms with Crippen molar-refractivity contribution in [2.45, 2.75) is 0 Å². The molecule has 0 aliphatic rings. The van der Waals surface area contributed by atoms with E-state index < -0.39 is 18.4 Å². The molecule has 2 aromatic heterocycles. The minimum atomic E-state index is -1.09. The van der Waals surface area contributed by atoms with E-state index in [1.807, 2.05) is 12.1 Å². The van der Waals surface area contributed by atoms with Crippen LogP contribution in [-0.4, -0.2) is 37.9 Å². The average Bonchev–Trinajstić information content (AvgIpc) is 2.94. The van der Waals surface area contributed by atoms with Gasteiger partial charge in [0.05, 0.1) is 6.20 Å². The lowest BCUT2D eigenvalue weighted by Crippen LogP contribution is -2.29. The standard InChI is InChI=1S/C11H12N4O3/c1-14-11(15-4-2-3-5-15)8(6-13-14)10(18)12-7-9(16)17/h2-6H,7H2,1H3,(H,12,18)(H,16,17). The van der Waals surface area contributed by atoms with Crippen LogP contribution in [0.5, 0.6) is 0 Å². The van der Waals surface area contributed by atoms with Gasteiger partial charge in [-0.2, -0.15) is 5.10 Å². The molecule has 2 N–H and O–H groups in total. The van der Waals surface area contributed by atoms with Gasteiger partial charge in [0.15, 0.2) is 0 Å². The molecule has 0 fully saturated rings. The summed E-state index contributed by atoms with van der Waals surface area (Å²) in [4.78, 5) is 22.3. The highest BCUT2D eigenvalue weighted by atomic mass is 16.4. The van der Waals surface area contributed by atoms with Crippen LogP contribution in [0, 0.1) is 0 Å². The van der Waals surface area contributed by atoms with Crippen molar-refractivity contribution in [3.05, 3.63) is 36.3 Å². The van der Waals surface area contributed by atoms with Crippen LogP contribution in [0.2, 0.25) is 0 Å². The van der Waals surface area contributed by atoms with E-state index in [2.05, 4.69) is 10.4 Å². The molecule has 0 bridgehead atoms. The van der Waals surface area contributed by atoms with Gasteiger partial charge in [-0.25, -0.2) is 0 Å².